The Balaban J connectivity index is 3.25. The standard InChI is InChI=1S/C17H38O7Si3/c1-12(18)20-11-13-14(22-25(2,3)4)15(23-26(5,6)7)16(17(19)21-13)24-27(8,9)10/h13-17,19H,11H2,1-10H3/t13-,14+,15+,16-,17+/m1/s1. The minimum Gasteiger partial charge on any atom is -0.463 e. The molecular formula is C17H38O7Si3. The van der Waals surface area contributed by atoms with Gasteiger partial charge in [-0.05, 0) is 58.9 Å². The molecule has 1 rings (SSSR count). The fourth-order valence-corrected chi connectivity index (χ4v) is 6.11. The number of aliphatic hydroxyl groups excluding tert-OH is 1. The third kappa shape index (κ3) is 9.31. The molecule has 0 aromatic carbocycles. The van der Waals surface area contributed by atoms with Gasteiger partial charge in [0.15, 0.2) is 31.2 Å². The molecule has 0 saturated carbocycles. The van der Waals surface area contributed by atoms with Crippen LogP contribution in [0.5, 0.6) is 0 Å². The molecule has 0 aromatic heterocycles. The van der Waals surface area contributed by atoms with E-state index in [2.05, 4.69) is 58.9 Å². The summed E-state index contributed by atoms with van der Waals surface area (Å²) in [6, 6.07) is 0. The first-order valence-electron chi connectivity index (χ1n) is 9.49. The second-order valence-electron chi connectivity index (χ2n) is 9.95. The minimum atomic E-state index is -1.99. The van der Waals surface area contributed by atoms with Crippen LogP contribution in [0.1, 0.15) is 6.92 Å². The lowest BCUT2D eigenvalue weighted by molar-refractivity contribution is -0.276. The van der Waals surface area contributed by atoms with E-state index in [9.17, 15) is 9.90 Å². The molecule has 27 heavy (non-hydrogen) atoms. The van der Waals surface area contributed by atoms with Crippen molar-refractivity contribution in [1.82, 2.24) is 0 Å². The van der Waals surface area contributed by atoms with E-state index in [1.54, 1.807) is 0 Å². The van der Waals surface area contributed by atoms with Crippen molar-refractivity contribution in [3.63, 3.8) is 0 Å². The van der Waals surface area contributed by atoms with Crippen LogP contribution in [0.2, 0.25) is 58.9 Å². The molecule has 1 N–H and O–H groups in total. The number of aliphatic hydroxyl groups is 1. The SMILES string of the molecule is CC(=O)OC[C@H]1O[C@H](O)[C@H](O[Si](C)(C)C)[C@@H](O[Si](C)(C)C)[C@H]1O[Si](C)(C)C. The molecule has 0 spiro atoms. The van der Waals surface area contributed by atoms with Gasteiger partial charge in [0, 0.05) is 6.92 Å². The van der Waals surface area contributed by atoms with Gasteiger partial charge in [-0.1, -0.05) is 0 Å². The number of rotatable bonds is 8. The second-order valence-corrected chi connectivity index (χ2v) is 23.3. The zero-order chi connectivity index (χ0) is 21.2. The van der Waals surface area contributed by atoms with Crippen LogP contribution < -0.4 is 0 Å². The van der Waals surface area contributed by atoms with Crippen LogP contribution in [0.15, 0.2) is 0 Å². The summed E-state index contributed by atoms with van der Waals surface area (Å²) in [6.45, 7) is 20.1. The molecule has 10 heteroatoms. The van der Waals surface area contributed by atoms with Crippen LogP contribution in [-0.4, -0.2) is 73.3 Å². The quantitative estimate of drug-likeness (QED) is 0.461. The highest BCUT2D eigenvalue weighted by Gasteiger charge is 2.51. The van der Waals surface area contributed by atoms with Crippen LogP contribution in [0.25, 0.3) is 0 Å². The first-order valence-corrected chi connectivity index (χ1v) is 19.7. The number of esters is 1. The molecule has 5 atom stereocenters. The third-order valence-corrected chi connectivity index (χ3v) is 6.47. The van der Waals surface area contributed by atoms with E-state index in [4.69, 9.17) is 22.8 Å². The van der Waals surface area contributed by atoms with Gasteiger partial charge in [0.05, 0.1) is 0 Å². The van der Waals surface area contributed by atoms with Crippen molar-refractivity contribution >= 4 is 30.9 Å². The first-order chi connectivity index (χ1) is 12.0. The molecule has 0 amide bonds. The van der Waals surface area contributed by atoms with E-state index >= 15 is 0 Å². The Bertz CT molecular complexity index is 496. The minimum absolute atomic E-state index is 0.00671. The Labute approximate surface area is 167 Å². The number of carbonyl (C=O) groups is 1. The largest absolute Gasteiger partial charge is 0.463 e. The molecule has 1 saturated heterocycles. The van der Waals surface area contributed by atoms with Crippen molar-refractivity contribution in [1.29, 1.82) is 0 Å². The van der Waals surface area contributed by atoms with Gasteiger partial charge >= 0.3 is 5.97 Å². The van der Waals surface area contributed by atoms with Gasteiger partial charge < -0.3 is 27.9 Å². The Kier molecular flexibility index (Phi) is 8.47. The molecule has 1 heterocycles. The van der Waals surface area contributed by atoms with Crippen molar-refractivity contribution in [3.05, 3.63) is 0 Å². The van der Waals surface area contributed by atoms with E-state index in [0.717, 1.165) is 0 Å². The van der Waals surface area contributed by atoms with Gasteiger partial charge in [-0.3, -0.25) is 4.79 Å². The Morgan fingerprint density at radius 1 is 0.815 bits per heavy atom. The lowest BCUT2D eigenvalue weighted by Gasteiger charge is -2.49. The molecule has 1 aliphatic heterocycles. The average molecular weight is 439 g/mol. The van der Waals surface area contributed by atoms with Gasteiger partial charge in [-0.25, -0.2) is 0 Å². The molecule has 0 bridgehead atoms. The van der Waals surface area contributed by atoms with Crippen molar-refractivity contribution in [2.75, 3.05) is 6.61 Å². The summed E-state index contributed by atoms with van der Waals surface area (Å²) in [7, 11) is -5.95. The Hall–Kier alpha value is -0.0794. The highest BCUT2D eigenvalue weighted by atomic mass is 28.4. The van der Waals surface area contributed by atoms with Crippen LogP contribution >= 0.6 is 0 Å². The Morgan fingerprint density at radius 3 is 1.63 bits per heavy atom. The summed E-state index contributed by atoms with van der Waals surface area (Å²) >= 11 is 0. The molecule has 1 fully saturated rings. The first kappa shape index (κ1) is 25.0. The van der Waals surface area contributed by atoms with Crippen LogP contribution in [0.3, 0.4) is 0 Å². The maximum Gasteiger partial charge on any atom is 0.302 e. The summed E-state index contributed by atoms with van der Waals surface area (Å²) in [6.07, 6.45) is -3.39. The van der Waals surface area contributed by atoms with E-state index in [0.29, 0.717) is 0 Å². The molecular weight excluding hydrogens is 400 g/mol. The number of hydrogen-bond donors (Lipinski definition) is 1. The topological polar surface area (TPSA) is 83.5 Å². The van der Waals surface area contributed by atoms with Gasteiger partial charge in [0.1, 0.15) is 31.0 Å². The average Bonchev–Trinajstić information content (AvgIpc) is 2.40. The summed E-state index contributed by atoms with van der Waals surface area (Å²) < 4.78 is 30.1. The van der Waals surface area contributed by atoms with Crippen molar-refractivity contribution < 1.29 is 32.7 Å². The molecule has 0 radical (unpaired) electrons. The van der Waals surface area contributed by atoms with Crippen LogP contribution in [0.4, 0.5) is 0 Å². The lowest BCUT2D eigenvalue weighted by atomic mass is 9.99. The zero-order valence-electron chi connectivity index (χ0n) is 18.5. The van der Waals surface area contributed by atoms with Gasteiger partial charge in [0.25, 0.3) is 0 Å². The van der Waals surface area contributed by atoms with Crippen molar-refractivity contribution in [2.45, 2.75) is 96.6 Å². The van der Waals surface area contributed by atoms with Crippen LogP contribution in [-0.2, 0) is 27.5 Å². The highest BCUT2D eigenvalue weighted by molar-refractivity contribution is 6.70. The molecule has 0 aromatic rings. The van der Waals surface area contributed by atoms with Gasteiger partial charge in [-0.15, -0.1) is 0 Å². The maximum atomic E-state index is 11.3. The van der Waals surface area contributed by atoms with Gasteiger partial charge in [-0.2, -0.15) is 0 Å². The van der Waals surface area contributed by atoms with Crippen molar-refractivity contribution in [3.8, 4) is 0 Å². The highest BCUT2D eigenvalue weighted by Crippen LogP contribution is 2.32. The molecule has 1 aliphatic rings. The fourth-order valence-electron chi connectivity index (χ4n) is 2.86. The van der Waals surface area contributed by atoms with E-state index in [1.165, 1.54) is 6.92 Å². The second kappa shape index (κ2) is 9.16. The van der Waals surface area contributed by atoms with E-state index in [-0.39, 0.29) is 6.61 Å². The maximum absolute atomic E-state index is 11.3. The number of hydrogen-bond acceptors (Lipinski definition) is 7. The fraction of sp³-hybridized carbons (Fsp3) is 0.941. The predicted octanol–water partition coefficient (Wildman–Crippen LogP) is 2.93. The van der Waals surface area contributed by atoms with Crippen LogP contribution in [0, 0.1) is 0 Å². The summed E-state index contributed by atoms with van der Waals surface area (Å²) in [5.41, 5.74) is 0. The van der Waals surface area contributed by atoms with Gasteiger partial charge in [0.2, 0.25) is 0 Å². The molecule has 7 nitrogen and oxygen atoms in total. The summed E-state index contributed by atoms with van der Waals surface area (Å²) in [5, 5.41) is 10.7. The lowest BCUT2D eigenvalue weighted by Crippen LogP contribution is -2.65. The summed E-state index contributed by atoms with van der Waals surface area (Å²) in [5.74, 6) is -0.400. The number of ether oxygens (including phenoxy) is 2. The number of carbonyl (C=O) groups excluding carboxylic acids is 1. The zero-order valence-corrected chi connectivity index (χ0v) is 21.5. The smallest absolute Gasteiger partial charge is 0.302 e. The normalized spacial score (nSPS) is 30.3. The Morgan fingerprint density at radius 2 is 1.22 bits per heavy atom. The molecule has 160 valence electrons. The van der Waals surface area contributed by atoms with Crippen molar-refractivity contribution in [2.24, 2.45) is 0 Å². The predicted molar refractivity (Wildman–Crippen MR) is 112 cm³/mol. The molecule has 0 aliphatic carbocycles. The summed E-state index contributed by atoms with van der Waals surface area (Å²) in [4.78, 5) is 11.3. The molecule has 0 unspecified atom stereocenters. The van der Waals surface area contributed by atoms with E-state index < -0.39 is 61.6 Å². The monoisotopic (exact) mass is 438 g/mol. The van der Waals surface area contributed by atoms with E-state index in [1.807, 2.05) is 0 Å². The third-order valence-electron chi connectivity index (χ3n) is 3.53.